The summed E-state index contributed by atoms with van der Waals surface area (Å²) in [4.78, 5) is 0. The summed E-state index contributed by atoms with van der Waals surface area (Å²) >= 11 is 0. The maximum absolute atomic E-state index is 12.6. The summed E-state index contributed by atoms with van der Waals surface area (Å²) in [6.45, 7) is 1.61. The maximum atomic E-state index is 12.6. The lowest BCUT2D eigenvalue weighted by Gasteiger charge is -2.12. The van der Waals surface area contributed by atoms with E-state index in [0.717, 1.165) is 5.56 Å². The molecule has 0 saturated carbocycles. The van der Waals surface area contributed by atoms with E-state index >= 15 is 0 Å². The molecule has 1 aromatic rings. The van der Waals surface area contributed by atoms with Gasteiger partial charge < -0.3 is 15.2 Å². The molecule has 0 aromatic heterocycles. The van der Waals surface area contributed by atoms with E-state index in [1.54, 1.807) is 19.2 Å². The average Bonchev–Trinajstić information content (AvgIpc) is 2.28. The van der Waals surface area contributed by atoms with Crippen LogP contribution in [-0.2, 0) is 15.9 Å². The Labute approximate surface area is 95.4 Å². The van der Waals surface area contributed by atoms with Crippen LogP contribution in [0, 0.1) is 5.82 Å². The highest BCUT2D eigenvalue weighted by Gasteiger charge is 2.04. The van der Waals surface area contributed by atoms with Crippen molar-refractivity contribution in [2.75, 3.05) is 26.9 Å². The third-order valence-corrected chi connectivity index (χ3v) is 2.17. The molecule has 1 aromatic carbocycles. The molecular weight excluding hydrogens is 209 g/mol. The minimum absolute atomic E-state index is 0.0673. The summed E-state index contributed by atoms with van der Waals surface area (Å²) in [7, 11) is 1.63. The molecule has 0 bridgehead atoms. The Morgan fingerprint density at radius 3 is 2.56 bits per heavy atom. The van der Waals surface area contributed by atoms with Crippen LogP contribution in [-0.4, -0.2) is 33.0 Å². The minimum Gasteiger partial charge on any atom is -0.382 e. The molecule has 0 saturated heterocycles. The van der Waals surface area contributed by atoms with E-state index in [4.69, 9.17) is 15.2 Å². The van der Waals surface area contributed by atoms with Gasteiger partial charge in [-0.3, -0.25) is 0 Å². The van der Waals surface area contributed by atoms with Crippen molar-refractivity contribution in [2.24, 2.45) is 5.73 Å². The third-order valence-electron chi connectivity index (χ3n) is 2.17. The normalized spacial score (nSPS) is 12.7. The van der Waals surface area contributed by atoms with Gasteiger partial charge in [0.2, 0.25) is 0 Å². The zero-order valence-corrected chi connectivity index (χ0v) is 9.49. The molecule has 2 N–H and O–H groups in total. The van der Waals surface area contributed by atoms with Gasteiger partial charge in [0.25, 0.3) is 0 Å². The molecule has 4 heteroatoms. The van der Waals surface area contributed by atoms with Crippen LogP contribution < -0.4 is 5.73 Å². The van der Waals surface area contributed by atoms with Gasteiger partial charge in [0.05, 0.1) is 19.8 Å². The number of benzene rings is 1. The summed E-state index contributed by atoms with van der Waals surface area (Å²) in [6, 6.07) is 6.29. The van der Waals surface area contributed by atoms with E-state index in [-0.39, 0.29) is 11.9 Å². The van der Waals surface area contributed by atoms with E-state index < -0.39 is 0 Å². The zero-order chi connectivity index (χ0) is 11.8. The molecule has 0 amide bonds. The number of nitrogens with two attached hydrogens (primary N) is 1. The summed E-state index contributed by atoms with van der Waals surface area (Å²) in [5.41, 5.74) is 6.88. The van der Waals surface area contributed by atoms with Crippen molar-refractivity contribution in [1.29, 1.82) is 0 Å². The van der Waals surface area contributed by atoms with Crippen LogP contribution in [0.3, 0.4) is 0 Å². The van der Waals surface area contributed by atoms with Crippen LogP contribution in [0.1, 0.15) is 5.56 Å². The highest BCUT2D eigenvalue weighted by Crippen LogP contribution is 2.05. The molecule has 1 atom stereocenters. The molecule has 1 rings (SSSR count). The van der Waals surface area contributed by atoms with Crippen molar-refractivity contribution in [3.63, 3.8) is 0 Å². The lowest BCUT2D eigenvalue weighted by atomic mass is 10.1. The van der Waals surface area contributed by atoms with Crippen molar-refractivity contribution in [1.82, 2.24) is 0 Å². The molecule has 0 radical (unpaired) electrons. The Kier molecular flexibility index (Phi) is 6.00. The van der Waals surface area contributed by atoms with Crippen LogP contribution in [0.5, 0.6) is 0 Å². The third kappa shape index (κ3) is 5.21. The molecule has 0 spiro atoms. The summed E-state index contributed by atoms with van der Waals surface area (Å²) in [5, 5.41) is 0. The van der Waals surface area contributed by atoms with Gasteiger partial charge in [-0.2, -0.15) is 0 Å². The number of methoxy groups -OCH3 is 1. The van der Waals surface area contributed by atoms with Crippen LogP contribution in [0.25, 0.3) is 0 Å². The van der Waals surface area contributed by atoms with Crippen LogP contribution in [0.4, 0.5) is 4.39 Å². The molecule has 0 heterocycles. The largest absolute Gasteiger partial charge is 0.382 e. The highest BCUT2D eigenvalue weighted by molar-refractivity contribution is 5.17. The first-order valence-electron chi connectivity index (χ1n) is 5.29. The zero-order valence-electron chi connectivity index (χ0n) is 9.49. The summed E-state index contributed by atoms with van der Waals surface area (Å²) in [5.74, 6) is -0.228. The molecule has 0 aliphatic rings. The standard InChI is InChI=1S/C12H18FNO2/c1-15-6-7-16-9-12(14)8-10-2-4-11(13)5-3-10/h2-5,12H,6-9,14H2,1H3. The van der Waals surface area contributed by atoms with E-state index in [0.29, 0.717) is 26.2 Å². The lowest BCUT2D eigenvalue weighted by Crippen LogP contribution is -2.29. The van der Waals surface area contributed by atoms with E-state index in [9.17, 15) is 4.39 Å². The average molecular weight is 227 g/mol. The number of rotatable bonds is 7. The van der Waals surface area contributed by atoms with Gasteiger partial charge in [0, 0.05) is 13.2 Å². The van der Waals surface area contributed by atoms with Gasteiger partial charge in [-0.15, -0.1) is 0 Å². The fourth-order valence-corrected chi connectivity index (χ4v) is 1.36. The first kappa shape index (κ1) is 13.1. The summed E-state index contributed by atoms with van der Waals surface area (Å²) < 4.78 is 22.8. The highest BCUT2D eigenvalue weighted by atomic mass is 19.1. The molecule has 0 fully saturated rings. The smallest absolute Gasteiger partial charge is 0.123 e. The Morgan fingerprint density at radius 1 is 1.25 bits per heavy atom. The predicted octanol–water partition coefficient (Wildman–Crippen LogP) is 1.36. The second kappa shape index (κ2) is 7.33. The Balaban J connectivity index is 2.23. The topological polar surface area (TPSA) is 44.5 Å². The first-order valence-corrected chi connectivity index (χ1v) is 5.29. The second-order valence-electron chi connectivity index (χ2n) is 3.66. The van der Waals surface area contributed by atoms with Gasteiger partial charge >= 0.3 is 0 Å². The number of hydrogen-bond donors (Lipinski definition) is 1. The van der Waals surface area contributed by atoms with Crippen molar-refractivity contribution >= 4 is 0 Å². The quantitative estimate of drug-likeness (QED) is 0.715. The van der Waals surface area contributed by atoms with Crippen LogP contribution >= 0.6 is 0 Å². The minimum atomic E-state index is -0.228. The Bertz CT molecular complexity index is 290. The Hall–Kier alpha value is -0.970. The van der Waals surface area contributed by atoms with E-state index in [1.165, 1.54) is 12.1 Å². The monoisotopic (exact) mass is 227 g/mol. The van der Waals surface area contributed by atoms with Gasteiger partial charge in [-0.25, -0.2) is 4.39 Å². The molecule has 90 valence electrons. The molecule has 1 unspecified atom stereocenters. The van der Waals surface area contributed by atoms with Crippen molar-refractivity contribution in [3.05, 3.63) is 35.6 Å². The fraction of sp³-hybridized carbons (Fsp3) is 0.500. The maximum Gasteiger partial charge on any atom is 0.123 e. The van der Waals surface area contributed by atoms with E-state index in [1.807, 2.05) is 0 Å². The molecular formula is C12H18FNO2. The number of hydrogen-bond acceptors (Lipinski definition) is 3. The van der Waals surface area contributed by atoms with Gasteiger partial charge in [0.15, 0.2) is 0 Å². The van der Waals surface area contributed by atoms with Crippen molar-refractivity contribution in [2.45, 2.75) is 12.5 Å². The first-order chi connectivity index (χ1) is 7.72. The predicted molar refractivity (Wildman–Crippen MR) is 60.8 cm³/mol. The second-order valence-corrected chi connectivity index (χ2v) is 3.66. The van der Waals surface area contributed by atoms with Crippen LogP contribution in [0.2, 0.25) is 0 Å². The fourth-order valence-electron chi connectivity index (χ4n) is 1.36. The van der Waals surface area contributed by atoms with Gasteiger partial charge in [-0.05, 0) is 24.1 Å². The Morgan fingerprint density at radius 2 is 1.94 bits per heavy atom. The molecule has 0 aliphatic carbocycles. The van der Waals surface area contributed by atoms with Crippen molar-refractivity contribution < 1.29 is 13.9 Å². The molecule has 16 heavy (non-hydrogen) atoms. The summed E-state index contributed by atoms with van der Waals surface area (Å²) in [6.07, 6.45) is 0.688. The lowest BCUT2D eigenvalue weighted by molar-refractivity contribution is 0.0637. The molecule has 0 aliphatic heterocycles. The van der Waals surface area contributed by atoms with Gasteiger partial charge in [-0.1, -0.05) is 12.1 Å². The molecule has 3 nitrogen and oxygen atoms in total. The number of ether oxygens (including phenoxy) is 2. The number of halogens is 1. The SMILES string of the molecule is COCCOCC(N)Cc1ccc(F)cc1. The van der Waals surface area contributed by atoms with Crippen molar-refractivity contribution in [3.8, 4) is 0 Å². The van der Waals surface area contributed by atoms with Crippen LogP contribution in [0.15, 0.2) is 24.3 Å². The van der Waals surface area contributed by atoms with Gasteiger partial charge in [0.1, 0.15) is 5.82 Å². The van der Waals surface area contributed by atoms with E-state index in [2.05, 4.69) is 0 Å².